The van der Waals surface area contributed by atoms with Gasteiger partial charge in [0.1, 0.15) is 0 Å². The minimum Gasteiger partial charge on any atom is -0.0654 e. The lowest BCUT2D eigenvalue weighted by Crippen LogP contribution is -2.14. The molecule has 0 aliphatic heterocycles. The molecule has 0 nitrogen and oxygen atoms in total. The molecular weight excluding hydrogens is 276 g/mol. The van der Waals surface area contributed by atoms with Crippen LogP contribution < -0.4 is 0 Å². The summed E-state index contributed by atoms with van der Waals surface area (Å²) in [7, 11) is 0. The van der Waals surface area contributed by atoms with Gasteiger partial charge in [-0.15, -0.1) is 0 Å². The van der Waals surface area contributed by atoms with Crippen molar-refractivity contribution in [1.82, 2.24) is 0 Å². The van der Waals surface area contributed by atoms with Gasteiger partial charge in [-0.2, -0.15) is 0 Å². The average Bonchev–Trinajstić information content (AvgIpc) is 2.62. The molecule has 0 saturated heterocycles. The molecule has 1 aliphatic carbocycles. The minimum atomic E-state index is 0.789. The van der Waals surface area contributed by atoms with Crippen LogP contribution in [0.5, 0.6) is 0 Å². The fraction of sp³-hybridized carbons (Fsp3) is 0.478. The summed E-state index contributed by atoms with van der Waals surface area (Å²) in [5.41, 5.74) is 5.65. The van der Waals surface area contributed by atoms with Gasteiger partial charge < -0.3 is 0 Å². The van der Waals surface area contributed by atoms with Crippen LogP contribution in [0, 0.1) is 5.92 Å². The molecule has 0 aromatic heterocycles. The van der Waals surface area contributed by atoms with Crippen LogP contribution in [0.3, 0.4) is 0 Å². The van der Waals surface area contributed by atoms with E-state index in [1.54, 1.807) is 5.56 Å². The highest BCUT2D eigenvalue weighted by Gasteiger charge is 2.22. The van der Waals surface area contributed by atoms with Crippen molar-refractivity contribution in [1.29, 1.82) is 0 Å². The molecule has 23 heavy (non-hydrogen) atoms. The van der Waals surface area contributed by atoms with Crippen molar-refractivity contribution < 1.29 is 0 Å². The van der Waals surface area contributed by atoms with E-state index in [0.717, 1.165) is 18.3 Å². The third-order valence-corrected chi connectivity index (χ3v) is 5.56. The Morgan fingerprint density at radius 3 is 2.09 bits per heavy atom. The molecular formula is C23H30. The molecule has 0 spiro atoms. The van der Waals surface area contributed by atoms with Crippen LogP contribution in [0.25, 0.3) is 11.1 Å². The van der Waals surface area contributed by atoms with Crippen LogP contribution in [0.4, 0.5) is 0 Å². The van der Waals surface area contributed by atoms with E-state index >= 15 is 0 Å². The molecule has 0 radical (unpaired) electrons. The van der Waals surface area contributed by atoms with Gasteiger partial charge in [-0.25, -0.2) is 0 Å². The second-order valence-corrected chi connectivity index (χ2v) is 7.19. The van der Waals surface area contributed by atoms with Gasteiger partial charge in [0.15, 0.2) is 0 Å². The van der Waals surface area contributed by atoms with Gasteiger partial charge in [-0.05, 0) is 53.4 Å². The summed E-state index contributed by atoms with van der Waals surface area (Å²) in [6.45, 7) is 4.53. The molecule has 1 fully saturated rings. The molecule has 0 heterocycles. The van der Waals surface area contributed by atoms with Crippen LogP contribution in [0.15, 0.2) is 48.5 Å². The molecule has 2 aromatic carbocycles. The lowest BCUT2D eigenvalue weighted by molar-refractivity contribution is 0.304. The second-order valence-electron chi connectivity index (χ2n) is 7.19. The third-order valence-electron chi connectivity index (χ3n) is 5.56. The number of hydrogen-bond acceptors (Lipinski definition) is 0. The van der Waals surface area contributed by atoms with Crippen molar-refractivity contribution in [3.8, 4) is 11.1 Å². The van der Waals surface area contributed by atoms with E-state index in [9.17, 15) is 0 Å². The molecule has 1 aliphatic rings. The molecule has 3 rings (SSSR count). The number of rotatable bonds is 5. The highest BCUT2D eigenvalue weighted by Crippen LogP contribution is 2.38. The van der Waals surface area contributed by atoms with E-state index in [0.29, 0.717) is 0 Å². The molecule has 122 valence electrons. The fourth-order valence-electron chi connectivity index (χ4n) is 4.14. The maximum atomic E-state index is 2.38. The van der Waals surface area contributed by atoms with Gasteiger partial charge in [0, 0.05) is 0 Å². The molecule has 0 amide bonds. The first-order chi connectivity index (χ1) is 11.3. The van der Waals surface area contributed by atoms with Crippen molar-refractivity contribution in [2.75, 3.05) is 0 Å². The smallest absolute Gasteiger partial charge is 0.0159 e. The lowest BCUT2D eigenvalue weighted by Gasteiger charge is -2.29. The standard InChI is InChI=1S/C23H30/c1-3-6-19-7-5-8-23(17-19)22-15-13-21(14-16-22)20-11-9-18(4-2)10-12-20/h9-16,19,23H,3-8,17H2,1-2H3. The van der Waals surface area contributed by atoms with Crippen LogP contribution in [-0.2, 0) is 6.42 Å². The minimum absolute atomic E-state index is 0.789. The molecule has 0 heteroatoms. The average molecular weight is 306 g/mol. The summed E-state index contributed by atoms with van der Waals surface area (Å²) in [6, 6.07) is 18.4. The van der Waals surface area contributed by atoms with E-state index < -0.39 is 0 Å². The summed E-state index contributed by atoms with van der Waals surface area (Å²) >= 11 is 0. The SMILES string of the molecule is CCCC1CCCC(c2ccc(-c3ccc(CC)cc3)cc2)C1. The first kappa shape index (κ1) is 16.3. The Morgan fingerprint density at radius 2 is 1.48 bits per heavy atom. The maximum absolute atomic E-state index is 2.38. The van der Waals surface area contributed by atoms with Crippen molar-refractivity contribution in [3.05, 3.63) is 59.7 Å². The molecule has 2 aromatic rings. The zero-order valence-electron chi connectivity index (χ0n) is 14.7. The van der Waals surface area contributed by atoms with Crippen molar-refractivity contribution in [2.45, 2.75) is 64.7 Å². The zero-order valence-corrected chi connectivity index (χ0v) is 14.7. The Labute approximate surface area is 141 Å². The van der Waals surface area contributed by atoms with Crippen LogP contribution >= 0.6 is 0 Å². The lowest BCUT2D eigenvalue weighted by atomic mass is 9.76. The normalized spacial score (nSPS) is 21.3. The summed E-state index contributed by atoms with van der Waals surface area (Å²) in [5, 5.41) is 0. The molecule has 0 bridgehead atoms. The number of benzene rings is 2. The molecule has 1 saturated carbocycles. The molecule has 2 unspecified atom stereocenters. The first-order valence-electron chi connectivity index (χ1n) is 9.49. The predicted molar refractivity (Wildman–Crippen MR) is 101 cm³/mol. The van der Waals surface area contributed by atoms with E-state index in [4.69, 9.17) is 0 Å². The first-order valence-corrected chi connectivity index (χ1v) is 9.49. The summed E-state index contributed by atoms with van der Waals surface area (Å²) in [5.74, 6) is 1.75. The predicted octanol–water partition coefficient (Wildman–Crippen LogP) is 6.99. The van der Waals surface area contributed by atoms with E-state index in [1.807, 2.05) is 0 Å². The largest absolute Gasteiger partial charge is 0.0654 e. The second kappa shape index (κ2) is 7.81. The monoisotopic (exact) mass is 306 g/mol. The summed E-state index contributed by atoms with van der Waals surface area (Å²) in [6.07, 6.45) is 9.51. The van der Waals surface area contributed by atoms with Gasteiger partial charge in [0.05, 0.1) is 0 Å². The van der Waals surface area contributed by atoms with Crippen molar-refractivity contribution in [3.63, 3.8) is 0 Å². The Balaban J connectivity index is 1.71. The van der Waals surface area contributed by atoms with E-state index in [1.165, 1.54) is 55.2 Å². The fourth-order valence-corrected chi connectivity index (χ4v) is 4.14. The van der Waals surface area contributed by atoms with Crippen molar-refractivity contribution in [2.24, 2.45) is 5.92 Å². The maximum Gasteiger partial charge on any atom is -0.0159 e. The Morgan fingerprint density at radius 1 is 0.826 bits per heavy atom. The van der Waals surface area contributed by atoms with Gasteiger partial charge in [-0.1, -0.05) is 88.1 Å². The molecule has 2 atom stereocenters. The Bertz CT molecular complexity index is 589. The van der Waals surface area contributed by atoms with E-state index in [2.05, 4.69) is 62.4 Å². The highest BCUT2D eigenvalue weighted by atomic mass is 14.3. The molecule has 0 N–H and O–H groups in total. The van der Waals surface area contributed by atoms with E-state index in [-0.39, 0.29) is 0 Å². The van der Waals surface area contributed by atoms with Crippen LogP contribution in [-0.4, -0.2) is 0 Å². The number of hydrogen-bond donors (Lipinski definition) is 0. The van der Waals surface area contributed by atoms with Gasteiger partial charge in [0.2, 0.25) is 0 Å². The van der Waals surface area contributed by atoms with Crippen LogP contribution in [0.1, 0.15) is 69.4 Å². The number of aryl methyl sites for hydroxylation is 1. The summed E-state index contributed by atoms with van der Waals surface area (Å²) in [4.78, 5) is 0. The summed E-state index contributed by atoms with van der Waals surface area (Å²) < 4.78 is 0. The zero-order chi connectivity index (χ0) is 16.1. The third kappa shape index (κ3) is 4.05. The van der Waals surface area contributed by atoms with Crippen LogP contribution in [0.2, 0.25) is 0 Å². The van der Waals surface area contributed by atoms with Crippen molar-refractivity contribution >= 4 is 0 Å². The van der Waals surface area contributed by atoms with Gasteiger partial charge in [0.25, 0.3) is 0 Å². The van der Waals surface area contributed by atoms with Gasteiger partial charge >= 0.3 is 0 Å². The Kier molecular flexibility index (Phi) is 5.54. The quantitative estimate of drug-likeness (QED) is 0.558. The highest BCUT2D eigenvalue weighted by molar-refractivity contribution is 5.64. The Hall–Kier alpha value is -1.56. The van der Waals surface area contributed by atoms with Gasteiger partial charge in [-0.3, -0.25) is 0 Å². The topological polar surface area (TPSA) is 0 Å².